The molecule has 0 saturated heterocycles. The van der Waals surface area contributed by atoms with E-state index in [0.717, 1.165) is 18.7 Å². The Labute approximate surface area is 133 Å². The van der Waals surface area contributed by atoms with Crippen LogP contribution in [0.15, 0.2) is 54.6 Å². The standard InChI is InChI=1S/C19H24N2O/c1-4-16-10-12-17(13-11-16)14-21(3)15(2)19(22)20-18-8-6-5-7-9-18/h5-13,15H,4,14H2,1-3H3,(H,20,22)/p+1/t15-/m1/s1. The second-order valence-corrected chi connectivity index (χ2v) is 5.77. The summed E-state index contributed by atoms with van der Waals surface area (Å²) in [5.74, 6) is 0.0499. The van der Waals surface area contributed by atoms with Gasteiger partial charge in [-0.2, -0.15) is 0 Å². The molecule has 1 amide bonds. The topological polar surface area (TPSA) is 33.5 Å². The van der Waals surface area contributed by atoms with Crippen molar-refractivity contribution in [3.05, 3.63) is 65.7 Å². The molecule has 2 atom stereocenters. The Bertz CT molecular complexity index is 593. The number of anilines is 1. The van der Waals surface area contributed by atoms with E-state index >= 15 is 0 Å². The van der Waals surface area contributed by atoms with Gasteiger partial charge in [-0.05, 0) is 31.0 Å². The molecule has 0 heterocycles. The molecule has 3 heteroatoms. The van der Waals surface area contributed by atoms with Crippen LogP contribution in [0.25, 0.3) is 0 Å². The van der Waals surface area contributed by atoms with Gasteiger partial charge >= 0.3 is 0 Å². The maximum absolute atomic E-state index is 12.3. The average molecular weight is 297 g/mol. The molecule has 0 spiro atoms. The van der Waals surface area contributed by atoms with E-state index in [1.54, 1.807) is 0 Å². The third kappa shape index (κ3) is 4.43. The quantitative estimate of drug-likeness (QED) is 0.843. The fourth-order valence-corrected chi connectivity index (χ4v) is 2.36. The third-order valence-corrected chi connectivity index (χ3v) is 4.09. The molecule has 22 heavy (non-hydrogen) atoms. The van der Waals surface area contributed by atoms with Crippen LogP contribution >= 0.6 is 0 Å². The predicted octanol–water partition coefficient (Wildman–Crippen LogP) is 2.29. The van der Waals surface area contributed by atoms with Gasteiger partial charge in [0.25, 0.3) is 5.91 Å². The van der Waals surface area contributed by atoms with Gasteiger partial charge in [-0.3, -0.25) is 4.79 Å². The van der Waals surface area contributed by atoms with Crippen LogP contribution < -0.4 is 10.2 Å². The van der Waals surface area contributed by atoms with E-state index < -0.39 is 0 Å². The monoisotopic (exact) mass is 297 g/mol. The first-order valence-corrected chi connectivity index (χ1v) is 7.86. The Morgan fingerprint density at radius 2 is 1.64 bits per heavy atom. The summed E-state index contributed by atoms with van der Waals surface area (Å²) in [5.41, 5.74) is 3.45. The van der Waals surface area contributed by atoms with Crippen LogP contribution in [0.2, 0.25) is 0 Å². The smallest absolute Gasteiger partial charge is 0.282 e. The number of quaternary nitrogens is 1. The number of benzene rings is 2. The van der Waals surface area contributed by atoms with E-state index in [2.05, 4.69) is 43.6 Å². The number of carbonyl (C=O) groups excluding carboxylic acids is 1. The van der Waals surface area contributed by atoms with Gasteiger partial charge in [0.1, 0.15) is 6.54 Å². The number of likely N-dealkylation sites (N-methyl/N-ethyl adjacent to an activating group) is 1. The summed E-state index contributed by atoms with van der Waals surface area (Å²) in [5, 5.41) is 2.97. The Hall–Kier alpha value is -2.13. The summed E-state index contributed by atoms with van der Waals surface area (Å²) in [6.07, 6.45) is 1.05. The van der Waals surface area contributed by atoms with Gasteiger partial charge in [-0.25, -0.2) is 0 Å². The molecule has 2 rings (SSSR count). The van der Waals surface area contributed by atoms with E-state index in [1.807, 2.05) is 37.3 Å². The van der Waals surface area contributed by atoms with Crippen LogP contribution in [0.3, 0.4) is 0 Å². The zero-order chi connectivity index (χ0) is 15.9. The molecule has 3 nitrogen and oxygen atoms in total. The molecule has 1 unspecified atom stereocenters. The van der Waals surface area contributed by atoms with E-state index in [9.17, 15) is 4.79 Å². The Balaban J connectivity index is 1.92. The molecule has 2 N–H and O–H groups in total. The molecule has 0 aliphatic carbocycles. The van der Waals surface area contributed by atoms with Crippen LogP contribution in [-0.4, -0.2) is 19.0 Å². The van der Waals surface area contributed by atoms with Gasteiger partial charge in [0, 0.05) is 11.3 Å². The number of hydrogen-bond acceptors (Lipinski definition) is 1. The number of para-hydroxylation sites is 1. The molecule has 0 aromatic heterocycles. The summed E-state index contributed by atoms with van der Waals surface area (Å²) >= 11 is 0. The van der Waals surface area contributed by atoms with Crippen molar-refractivity contribution in [1.82, 2.24) is 0 Å². The third-order valence-electron chi connectivity index (χ3n) is 4.09. The second-order valence-electron chi connectivity index (χ2n) is 5.77. The summed E-state index contributed by atoms with van der Waals surface area (Å²) in [6.45, 7) is 4.96. The lowest BCUT2D eigenvalue weighted by atomic mass is 10.1. The second kappa shape index (κ2) is 7.76. The largest absolute Gasteiger partial charge is 0.324 e. The molecule has 0 aliphatic rings. The fourth-order valence-electron chi connectivity index (χ4n) is 2.36. The summed E-state index contributed by atoms with van der Waals surface area (Å²) in [6, 6.07) is 18.1. The highest BCUT2D eigenvalue weighted by atomic mass is 16.2. The molecule has 2 aromatic rings. The number of rotatable bonds is 6. The zero-order valence-electron chi connectivity index (χ0n) is 13.6. The zero-order valence-corrected chi connectivity index (χ0v) is 13.6. The first-order chi connectivity index (χ1) is 10.6. The minimum absolute atomic E-state index is 0.0499. The van der Waals surface area contributed by atoms with Crippen molar-refractivity contribution in [2.75, 3.05) is 12.4 Å². The van der Waals surface area contributed by atoms with Crippen molar-refractivity contribution in [2.45, 2.75) is 32.9 Å². The number of nitrogens with one attached hydrogen (secondary N) is 2. The Morgan fingerprint density at radius 3 is 2.23 bits per heavy atom. The SMILES string of the molecule is CCc1ccc(C[NH+](C)[C@H](C)C(=O)Nc2ccccc2)cc1. The molecule has 0 bridgehead atoms. The van der Waals surface area contributed by atoms with Crippen molar-refractivity contribution in [3.8, 4) is 0 Å². The van der Waals surface area contributed by atoms with Gasteiger partial charge in [0.15, 0.2) is 6.04 Å². The van der Waals surface area contributed by atoms with Crippen LogP contribution in [0, 0.1) is 0 Å². The van der Waals surface area contributed by atoms with Crippen LogP contribution in [-0.2, 0) is 17.8 Å². The molecular weight excluding hydrogens is 272 g/mol. The van der Waals surface area contributed by atoms with Crippen molar-refractivity contribution in [3.63, 3.8) is 0 Å². The van der Waals surface area contributed by atoms with E-state index in [-0.39, 0.29) is 11.9 Å². The van der Waals surface area contributed by atoms with Crippen molar-refractivity contribution < 1.29 is 9.69 Å². The molecule has 0 saturated carbocycles. The number of hydrogen-bond donors (Lipinski definition) is 2. The van der Waals surface area contributed by atoms with Crippen molar-refractivity contribution in [2.24, 2.45) is 0 Å². The predicted molar refractivity (Wildman–Crippen MR) is 90.9 cm³/mol. The van der Waals surface area contributed by atoms with Crippen LogP contribution in [0.5, 0.6) is 0 Å². The van der Waals surface area contributed by atoms with Gasteiger partial charge in [-0.1, -0.05) is 49.4 Å². The average Bonchev–Trinajstić information content (AvgIpc) is 2.55. The fraction of sp³-hybridized carbons (Fsp3) is 0.316. The molecule has 0 radical (unpaired) electrons. The summed E-state index contributed by atoms with van der Waals surface area (Å²) in [4.78, 5) is 13.5. The van der Waals surface area contributed by atoms with Crippen molar-refractivity contribution in [1.29, 1.82) is 0 Å². The van der Waals surface area contributed by atoms with E-state index in [4.69, 9.17) is 0 Å². The number of carbonyl (C=O) groups is 1. The molecule has 2 aromatic carbocycles. The lowest BCUT2D eigenvalue weighted by Crippen LogP contribution is -3.12. The summed E-state index contributed by atoms with van der Waals surface area (Å²) < 4.78 is 0. The first kappa shape index (κ1) is 16.2. The Morgan fingerprint density at radius 1 is 1.05 bits per heavy atom. The molecular formula is C19H25N2O+. The Kier molecular flexibility index (Phi) is 5.73. The van der Waals surface area contributed by atoms with Crippen LogP contribution in [0.1, 0.15) is 25.0 Å². The molecule has 0 fully saturated rings. The highest BCUT2D eigenvalue weighted by Crippen LogP contribution is 2.06. The number of amides is 1. The van der Waals surface area contributed by atoms with Gasteiger partial charge in [-0.15, -0.1) is 0 Å². The normalized spacial score (nSPS) is 13.4. The van der Waals surface area contributed by atoms with E-state index in [0.29, 0.717) is 0 Å². The lowest BCUT2D eigenvalue weighted by Gasteiger charge is -2.21. The molecule has 116 valence electrons. The molecule has 0 aliphatic heterocycles. The number of aryl methyl sites for hydroxylation is 1. The van der Waals surface area contributed by atoms with Gasteiger partial charge in [0.05, 0.1) is 7.05 Å². The van der Waals surface area contributed by atoms with Gasteiger partial charge < -0.3 is 10.2 Å². The van der Waals surface area contributed by atoms with Crippen LogP contribution in [0.4, 0.5) is 5.69 Å². The maximum atomic E-state index is 12.3. The van der Waals surface area contributed by atoms with E-state index in [1.165, 1.54) is 16.0 Å². The highest BCUT2D eigenvalue weighted by Gasteiger charge is 2.21. The minimum atomic E-state index is -0.106. The highest BCUT2D eigenvalue weighted by molar-refractivity contribution is 5.93. The van der Waals surface area contributed by atoms with Crippen molar-refractivity contribution >= 4 is 11.6 Å². The minimum Gasteiger partial charge on any atom is -0.324 e. The van der Waals surface area contributed by atoms with Gasteiger partial charge in [0.2, 0.25) is 0 Å². The first-order valence-electron chi connectivity index (χ1n) is 7.86. The maximum Gasteiger partial charge on any atom is 0.282 e. The lowest BCUT2D eigenvalue weighted by molar-refractivity contribution is -0.907. The summed E-state index contributed by atoms with van der Waals surface area (Å²) in [7, 11) is 2.06.